The monoisotopic (exact) mass is 367 g/mol. The molecule has 1 aromatic carbocycles. The number of imidazole rings is 1. The minimum absolute atomic E-state index is 0.0229. The largest absolute Gasteiger partial charge is 0.486 e. The van der Waals surface area contributed by atoms with Gasteiger partial charge in [0.1, 0.15) is 19.0 Å². The quantitative estimate of drug-likeness (QED) is 0.633. The van der Waals surface area contributed by atoms with Crippen molar-refractivity contribution >= 4 is 0 Å². The molecule has 0 aliphatic carbocycles. The normalized spacial score (nSPS) is 15.6. The minimum atomic E-state index is -0.112. The first-order valence-corrected chi connectivity index (χ1v) is 8.95. The van der Waals surface area contributed by atoms with Crippen molar-refractivity contribution in [2.75, 3.05) is 19.7 Å². The van der Waals surface area contributed by atoms with Gasteiger partial charge in [0, 0.05) is 31.5 Å². The summed E-state index contributed by atoms with van der Waals surface area (Å²) in [7, 11) is 0. The topological polar surface area (TPSA) is 83.2 Å². The van der Waals surface area contributed by atoms with Gasteiger partial charge in [0.05, 0.1) is 0 Å². The molecule has 0 fully saturated rings. The average molecular weight is 367 g/mol. The number of nitrogens with one attached hydrogen (secondary N) is 1. The van der Waals surface area contributed by atoms with Crippen LogP contribution < -0.4 is 20.3 Å². The summed E-state index contributed by atoms with van der Waals surface area (Å²) in [6, 6.07) is 10.9. The van der Waals surface area contributed by atoms with E-state index in [1.54, 1.807) is 29.4 Å². The molecule has 1 unspecified atom stereocenters. The standard InChI is InChI=1S/C19H21N5O3/c25-19-7-6-18(23-11-9-21-14-23)22-24(19)10-3-8-20-12-15-13-26-16-4-1-2-5-17(16)27-15/h1-2,4-7,9,11,14-15,20H,3,8,10,12-13H2. The lowest BCUT2D eigenvalue weighted by atomic mass is 10.2. The lowest BCUT2D eigenvalue weighted by molar-refractivity contribution is 0.0904. The molecule has 1 aliphatic rings. The summed E-state index contributed by atoms with van der Waals surface area (Å²) >= 11 is 0. The molecule has 1 atom stereocenters. The maximum atomic E-state index is 12.0. The maximum Gasteiger partial charge on any atom is 0.266 e. The van der Waals surface area contributed by atoms with Gasteiger partial charge >= 0.3 is 0 Å². The third kappa shape index (κ3) is 4.17. The van der Waals surface area contributed by atoms with Crippen molar-refractivity contribution < 1.29 is 9.47 Å². The Bertz CT molecular complexity index is 939. The van der Waals surface area contributed by atoms with E-state index < -0.39 is 0 Å². The Kier molecular flexibility index (Phi) is 5.15. The molecule has 27 heavy (non-hydrogen) atoms. The zero-order valence-electron chi connectivity index (χ0n) is 14.8. The van der Waals surface area contributed by atoms with Gasteiger partial charge in [-0.05, 0) is 31.2 Å². The van der Waals surface area contributed by atoms with Gasteiger partial charge in [0.2, 0.25) is 0 Å². The van der Waals surface area contributed by atoms with Gasteiger partial charge in [-0.25, -0.2) is 9.67 Å². The van der Waals surface area contributed by atoms with E-state index in [0.717, 1.165) is 24.5 Å². The molecule has 1 N–H and O–H groups in total. The number of benzene rings is 1. The van der Waals surface area contributed by atoms with Crippen molar-refractivity contribution in [1.29, 1.82) is 0 Å². The van der Waals surface area contributed by atoms with Crippen LogP contribution in [0, 0.1) is 0 Å². The Morgan fingerprint density at radius 2 is 2.07 bits per heavy atom. The van der Waals surface area contributed by atoms with E-state index in [2.05, 4.69) is 15.4 Å². The van der Waals surface area contributed by atoms with Crippen LogP contribution in [0.25, 0.3) is 5.82 Å². The summed E-state index contributed by atoms with van der Waals surface area (Å²) < 4.78 is 14.9. The predicted octanol–water partition coefficient (Wildman–Crippen LogP) is 1.25. The van der Waals surface area contributed by atoms with Crippen LogP contribution in [0.5, 0.6) is 11.5 Å². The number of hydrogen-bond donors (Lipinski definition) is 1. The fourth-order valence-electron chi connectivity index (χ4n) is 2.91. The van der Waals surface area contributed by atoms with Crippen molar-refractivity contribution in [3.8, 4) is 17.3 Å². The molecule has 0 spiro atoms. The van der Waals surface area contributed by atoms with Gasteiger partial charge in [-0.15, -0.1) is 0 Å². The fourth-order valence-corrected chi connectivity index (χ4v) is 2.91. The second-order valence-corrected chi connectivity index (χ2v) is 6.28. The summed E-state index contributed by atoms with van der Waals surface area (Å²) in [5.41, 5.74) is -0.112. The van der Waals surface area contributed by atoms with Gasteiger partial charge in [0.25, 0.3) is 5.56 Å². The number of aryl methyl sites for hydroxylation is 1. The highest BCUT2D eigenvalue weighted by molar-refractivity contribution is 5.40. The summed E-state index contributed by atoms with van der Waals surface area (Å²) in [5.74, 6) is 2.24. The van der Waals surface area contributed by atoms with E-state index in [4.69, 9.17) is 9.47 Å². The molecule has 0 bridgehead atoms. The van der Waals surface area contributed by atoms with Crippen LogP contribution in [0.2, 0.25) is 0 Å². The zero-order chi connectivity index (χ0) is 18.5. The number of fused-ring (bicyclic) bond motifs is 1. The summed E-state index contributed by atoms with van der Waals surface area (Å²) in [6.07, 6.45) is 5.89. The molecule has 8 nitrogen and oxygen atoms in total. The van der Waals surface area contributed by atoms with Crippen LogP contribution in [-0.4, -0.2) is 45.1 Å². The first kappa shape index (κ1) is 17.3. The molecule has 0 amide bonds. The van der Waals surface area contributed by atoms with E-state index in [9.17, 15) is 4.79 Å². The van der Waals surface area contributed by atoms with E-state index in [1.807, 2.05) is 24.3 Å². The van der Waals surface area contributed by atoms with Gasteiger partial charge in [-0.1, -0.05) is 12.1 Å². The Morgan fingerprint density at radius 1 is 1.19 bits per heavy atom. The van der Waals surface area contributed by atoms with E-state index in [-0.39, 0.29) is 11.7 Å². The van der Waals surface area contributed by atoms with Gasteiger partial charge in [-0.3, -0.25) is 9.36 Å². The first-order valence-electron chi connectivity index (χ1n) is 8.95. The lowest BCUT2D eigenvalue weighted by Gasteiger charge is -2.26. The SMILES string of the molecule is O=c1ccc(-n2ccnc2)nn1CCCNCC1COc2ccccc2O1. The number of hydrogen-bond acceptors (Lipinski definition) is 6. The second-order valence-electron chi connectivity index (χ2n) is 6.28. The highest BCUT2D eigenvalue weighted by Gasteiger charge is 2.19. The predicted molar refractivity (Wildman–Crippen MR) is 99.5 cm³/mol. The smallest absolute Gasteiger partial charge is 0.266 e. The van der Waals surface area contributed by atoms with Crippen LogP contribution in [-0.2, 0) is 6.54 Å². The number of aromatic nitrogens is 4. The van der Waals surface area contributed by atoms with Gasteiger partial charge in [0.15, 0.2) is 17.3 Å². The fraction of sp³-hybridized carbons (Fsp3) is 0.316. The van der Waals surface area contributed by atoms with Crippen molar-refractivity contribution in [3.63, 3.8) is 0 Å². The molecule has 2 aromatic heterocycles. The van der Waals surface area contributed by atoms with Gasteiger partial charge < -0.3 is 14.8 Å². The summed E-state index contributed by atoms with van der Waals surface area (Å²) in [5, 5.41) is 7.74. The number of rotatable bonds is 7. The van der Waals surface area contributed by atoms with Crippen LogP contribution in [0.4, 0.5) is 0 Å². The third-order valence-corrected chi connectivity index (χ3v) is 4.28. The number of ether oxygens (including phenoxy) is 2. The minimum Gasteiger partial charge on any atom is -0.486 e. The summed E-state index contributed by atoms with van der Waals surface area (Å²) in [6.45, 7) is 2.51. The lowest BCUT2D eigenvalue weighted by Crippen LogP contribution is -2.39. The Morgan fingerprint density at radius 3 is 2.93 bits per heavy atom. The van der Waals surface area contributed by atoms with E-state index in [1.165, 1.54) is 10.7 Å². The van der Waals surface area contributed by atoms with Crippen LogP contribution in [0.15, 0.2) is 59.9 Å². The van der Waals surface area contributed by atoms with Crippen molar-refractivity contribution in [2.24, 2.45) is 0 Å². The van der Waals surface area contributed by atoms with E-state index in [0.29, 0.717) is 25.5 Å². The molecular weight excluding hydrogens is 346 g/mol. The molecule has 0 saturated heterocycles. The second kappa shape index (κ2) is 8.05. The van der Waals surface area contributed by atoms with Crippen LogP contribution in [0.3, 0.4) is 0 Å². The third-order valence-electron chi connectivity index (χ3n) is 4.28. The molecule has 1 aliphatic heterocycles. The average Bonchev–Trinajstić information content (AvgIpc) is 3.24. The molecule has 3 heterocycles. The molecular formula is C19H21N5O3. The molecule has 8 heteroatoms. The molecule has 4 rings (SSSR count). The molecule has 0 saturated carbocycles. The molecule has 140 valence electrons. The number of para-hydroxylation sites is 2. The maximum absolute atomic E-state index is 12.0. The highest BCUT2D eigenvalue weighted by Crippen LogP contribution is 2.30. The van der Waals surface area contributed by atoms with Crippen LogP contribution >= 0.6 is 0 Å². The Hall–Kier alpha value is -3.13. The van der Waals surface area contributed by atoms with Crippen molar-refractivity contribution in [3.05, 3.63) is 65.5 Å². The van der Waals surface area contributed by atoms with Crippen LogP contribution in [0.1, 0.15) is 6.42 Å². The molecule has 3 aromatic rings. The Balaban J connectivity index is 1.24. The van der Waals surface area contributed by atoms with Gasteiger partial charge in [-0.2, -0.15) is 5.10 Å². The zero-order valence-corrected chi connectivity index (χ0v) is 14.8. The van der Waals surface area contributed by atoms with Crippen molar-refractivity contribution in [2.45, 2.75) is 19.1 Å². The highest BCUT2D eigenvalue weighted by atomic mass is 16.6. The molecule has 0 radical (unpaired) electrons. The Labute approximate surface area is 156 Å². The van der Waals surface area contributed by atoms with E-state index >= 15 is 0 Å². The van der Waals surface area contributed by atoms with Crippen molar-refractivity contribution in [1.82, 2.24) is 24.6 Å². The summed E-state index contributed by atoms with van der Waals surface area (Å²) in [4.78, 5) is 16.0. The first-order chi connectivity index (χ1) is 13.3. The number of nitrogens with zero attached hydrogens (tertiary/aromatic N) is 4.